The van der Waals surface area contributed by atoms with Gasteiger partial charge in [0.15, 0.2) is 5.84 Å². The number of hydrogen-bond donors (Lipinski definition) is 0. The zero-order chi connectivity index (χ0) is 21.4. The molecule has 1 atom stereocenters. The molecule has 2 aromatic rings. The van der Waals surface area contributed by atoms with Gasteiger partial charge < -0.3 is 9.80 Å². The summed E-state index contributed by atoms with van der Waals surface area (Å²) in [6, 6.07) is 10.5. The van der Waals surface area contributed by atoms with Crippen LogP contribution in [0.15, 0.2) is 58.1 Å². The summed E-state index contributed by atoms with van der Waals surface area (Å²) in [5, 5.41) is 0. The number of sulfonamides is 1. The summed E-state index contributed by atoms with van der Waals surface area (Å²) in [6.07, 6.45) is 5.21. The van der Waals surface area contributed by atoms with E-state index < -0.39 is 10.0 Å². The highest BCUT2D eigenvalue weighted by Crippen LogP contribution is 2.31. The second kappa shape index (κ2) is 8.05. The van der Waals surface area contributed by atoms with Crippen LogP contribution in [0.4, 0.5) is 0 Å². The summed E-state index contributed by atoms with van der Waals surface area (Å²) in [7, 11) is -3.69. The van der Waals surface area contributed by atoms with Crippen LogP contribution >= 0.6 is 0 Å². The summed E-state index contributed by atoms with van der Waals surface area (Å²) >= 11 is 0. The minimum Gasteiger partial charge on any atom is -0.343 e. The van der Waals surface area contributed by atoms with Crippen molar-refractivity contribution in [1.82, 2.24) is 19.7 Å². The van der Waals surface area contributed by atoms with Gasteiger partial charge >= 0.3 is 0 Å². The number of nitrogens with zero attached hydrogens (tertiary/aromatic N) is 5. The molecule has 2 fully saturated rings. The molecule has 4 heterocycles. The van der Waals surface area contributed by atoms with E-state index in [0.717, 1.165) is 32.5 Å². The molecule has 3 aliphatic heterocycles. The minimum atomic E-state index is -3.69. The Balaban J connectivity index is 1.27. The van der Waals surface area contributed by atoms with Crippen LogP contribution in [0.5, 0.6) is 0 Å². The number of amidine groups is 1. The van der Waals surface area contributed by atoms with Crippen LogP contribution in [-0.4, -0.2) is 78.6 Å². The van der Waals surface area contributed by atoms with Crippen molar-refractivity contribution in [2.75, 3.05) is 32.7 Å². The van der Waals surface area contributed by atoms with Crippen LogP contribution in [0.1, 0.15) is 24.0 Å². The van der Waals surface area contributed by atoms with Crippen LogP contribution in [0, 0.1) is 0 Å². The van der Waals surface area contributed by atoms with E-state index in [-0.39, 0.29) is 16.8 Å². The standard InChI is InChI=1S/C22H25N5O3S/c28-22(26-13-11-25(12-14-26)16-17-5-3-9-23-15-17)19-7-4-10-27(19)21-18-6-1-2-8-20(18)31(29,30)24-21/h1-3,5-6,8-9,15,19H,4,7,10-14,16H2/t19-/m0/s1. The molecule has 0 saturated carbocycles. The molecule has 8 nitrogen and oxygen atoms in total. The summed E-state index contributed by atoms with van der Waals surface area (Å²) < 4.78 is 29.0. The molecule has 2 saturated heterocycles. The maximum Gasteiger partial charge on any atom is 0.285 e. The average Bonchev–Trinajstić information content (AvgIpc) is 3.37. The fourth-order valence-electron chi connectivity index (χ4n) is 4.66. The van der Waals surface area contributed by atoms with Gasteiger partial charge in [-0.2, -0.15) is 8.42 Å². The highest BCUT2D eigenvalue weighted by atomic mass is 32.2. The fourth-order valence-corrected chi connectivity index (χ4v) is 5.88. The second-order valence-electron chi connectivity index (χ2n) is 8.20. The number of fused-ring (bicyclic) bond motifs is 1. The quantitative estimate of drug-likeness (QED) is 0.718. The van der Waals surface area contributed by atoms with Gasteiger partial charge in [-0.3, -0.25) is 14.7 Å². The summed E-state index contributed by atoms with van der Waals surface area (Å²) in [5.41, 5.74) is 1.77. The second-order valence-corrected chi connectivity index (χ2v) is 9.77. The Kier molecular flexibility index (Phi) is 5.23. The van der Waals surface area contributed by atoms with E-state index in [0.29, 0.717) is 31.0 Å². The van der Waals surface area contributed by atoms with Crippen molar-refractivity contribution in [2.24, 2.45) is 4.40 Å². The molecule has 31 heavy (non-hydrogen) atoms. The predicted molar refractivity (Wildman–Crippen MR) is 116 cm³/mol. The van der Waals surface area contributed by atoms with Gasteiger partial charge in [0.25, 0.3) is 10.0 Å². The monoisotopic (exact) mass is 439 g/mol. The number of pyridine rings is 1. The summed E-state index contributed by atoms with van der Waals surface area (Å²) in [5.74, 6) is 0.490. The molecule has 0 unspecified atom stereocenters. The zero-order valence-corrected chi connectivity index (χ0v) is 18.0. The van der Waals surface area contributed by atoms with Crippen LogP contribution in [-0.2, 0) is 21.4 Å². The number of likely N-dealkylation sites (tertiary alicyclic amines) is 1. The molecule has 1 aromatic heterocycles. The Bertz CT molecular complexity index is 1110. The summed E-state index contributed by atoms with van der Waals surface area (Å²) in [6.45, 7) is 4.43. The van der Waals surface area contributed by atoms with Crippen molar-refractivity contribution < 1.29 is 13.2 Å². The Morgan fingerprint density at radius 2 is 1.84 bits per heavy atom. The van der Waals surface area contributed by atoms with Crippen molar-refractivity contribution >= 4 is 21.8 Å². The van der Waals surface area contributed by atoms with Gasteiger partial charge in [-0.05, 0) is 36.6 Å². The number of benzene rings is 1. The zero-order valence-electron chi connectivity index (χ0n) is 17.2. The maximum atomic E-state index is 13.4. The molecule has 0 N–H and O–H groups in total. The van der Waals surface area contributed by atoms with Crippen molar-refractivity contribution in [2.45, 2.75) is 30.3 Å². The number of carbonyl (C=O) groups is 1. The fraction of sp³-hybridized carbons (Fsp3) is 0.409. The average molecular weight is 440 g/mol. The molecule has 0 aliphatic carbocycles. The van der Waals surface area contributed by atoms with E-state index in [9.17, 15) is 13.2 Å². The molecule has 1 amide bonds. The normalized spacial score (nSPS) is 23.0. The van der Waals surface area contributed by atoms with E-state index >= 15 is 0 Å². The highest BCUT2D eigenvalue weighted by molar-refractivity contribution is 7.90. The molecule has 0 bridgehead atoms. The lowest BCUT2D eigenvalue weighted by Gasteiger charge is -2.37. The Hall–Kier alpha value is -2.78. The number of rotatable bonds is 3. The molecule has 3 aliphatic rings. The van der Waals surface area contributed by atoms with Gasteiger partial charge in [-0.15, -0.1) is 4.40 Å². The van der Waals surface area contributed by atoms with Crippen molar-refractivity contribution in [3.8, 4) is 0 Å². The molecular formula is C22H25N5O3S. The molecule has 0 spiro atoms. The lowest BCUT2D eigenvalue weighted by molar-refractivity contribution is -0.136. The molecule has 1 aromatic carbocycles. The third-order valence-corrected chi connectivity index (χ3v) is 7.56. The van der Waals surface area contributed by atoms with Crippen LogP contribution in [0.3, 0.4) is 0 Å². The maximum absolute atomic E-state index is 13.4. The number of hydrogen-bond acceptors (Lipinski definition) is 6. The highest BCUT2D eigenvalue weighted by Gasteiger charge is 2.40. The SMILES string of the molecule is O=C([C@@H]1CCCN1C1=NS(=O)(=O)c2ccccc21)N1CCN(Cc2cccnc2)CC1. The first-order valence-electron chi connectivity index (χ1n) is 10.6. The lowest BCUT2D eigenvalue weighted by atomic mass is 10.1. The Morgan fingerprint density at radius 3 is 2.61 bits per heavy atom. The van der Waals surface area contributed by atoms with E-state index in [4.69, 9.17) is 0 Å². The Labute approximate surface area is 182 Å². The first kappa shape index (κ1) is 20.1. The van der Waals surface area contributed by atoms with Gasteiger partial charge in [0.05, 0.1) is 0 Å². The number of piperazine rings is 1. The van der Waals surface area contributed by atoms with Crippen molar-refractivity contribution in [1.29, 1.82) is 0 Å². The number of aromatic nitrogens is 1. The van der Waals surface area contributed by atoms with E-state index in [2.05, 4.69) is 20.3 Å². The summed E-state index contributed by atoms with van der Waals surface area (Å²) in [4.78, 5) is 23.9. The van der Waals surface area contributed by atoms with Crippen molar-refractivity contribution in [3.05, 3.63) is 59.9 Å². The van der Waals surface area contributed by atoms with E-state index in [1.165, 1.54) is 5.56 Å². The van der Waals surface area contributed by atoms with Crippen LogP contribution < -0.4 is 0 Å². The minimum absolute atomic E-state index is 0.0722. The lowest BCUT2D eigenvalue weighted by Crippen LogP contribution is -2.54. The first-order valence-corrected chi connectivity index (χ1v) is 12.1. The van der Waals surface area contributed by atoms with Gasteiger partial charge in [0.1, 0.15) is 10.9 Å². The first-order chi connectivity index (χ1) is 15.0. The van der Waals surface area contributed by atoms with Gasteiger partial charge in [0.2, 0.25) is 5.91 Å². The van der Waals surface area contributed by atoms with E-state index in [1.807, 2.05) is 28.1 Å². The van der Waals surface area contributed by atoms with Gasteiger partial charge in [-0.25, -0.2) is 0 Å². The van der Waals surface area contributed by atoms with Crippen LogP contribution in [0.25, 0.3) is 0 Å². The molecule has 9 heteroatoms. The molecular weight excluding hydrogens is 414 g/mol. The largest absolute Gasteiger partial charge is 0.343 e. The van der Waals surface area contributed by atoms with Crippen molar-refractivity contribution in [3.63, 3.8) is 0 Å². The van der Waals surface area contributed by atoms with Crippen LogP contribution in [0.2, 0.25) is 0 Å². The molecule has 162 valence electrons. The number of amides is 1. The third-order valence-electron chi connectivity index (χ3n) is 6.24. The Morgan fingerprint density at radius 1 is 1.03 bits per heavy atom. The smallest absolute Gasteiger partial charge is 0.285 e. The molecule has 0 radical (unpaired) electrons. The van der Waals surface area contributed by atoms with Gasteiger partial charge in [-0.1, -0.05) is 18.2 Å². The van der Waals surface area contributed by atoms with E-state index in [1.54, 1.807) is 24.4 Å². The third kappa shape index (κ3) is 3.83. The predicted octanol–water partition coefficient (Wildman–Crippen LogP) is 1.34. The topological polar surface area (TPSA) is 86.2 Å². The number of carbonyl (C=O) groups excluding carboxylic acids is 1. The van der Waals surface area contributed by atoms with Gasteiger partial charge in [0, 0.05) is 57.2 Å². The molecule has 5 rings (SSSR count).